The zero-order valence-corrected chi connectivity index (χ0v) is 20.7. The average Bonchev–Trinajstić information content (AvgIpc) is 3.60. The highest BCUT2D eigenvalue weighted by Gasteiger charge is 2.44. The Balaban J connectivity index is 1.07. The van der Waals surface area contributed by atoms with Gasteiger partial charge in [0, 0.05) is 82.0 Å². The second kappa shape index (κ2) is 9.26. The summed E-state index contributed by atoms with van der Waals surface area (Å²) in [6.45, 7) is 8.32. The zero-order valence-electron chi connectivity index (χ0n) is 19.9. The van der Waals surface area contributed by atoms with Crippen molar-refractivity contribution < 1.29 is 19.2 Å². The first kappa shape index (κ1) is 23.1. The topological polar surface area (TPSA) is 76.6 Å². The van der Waals surface area contributed by atoms with Gasteiger partial charge in [-0.25, -0.2) is 4.79 Å². The minimum atomic E-state index is -0.597. The Morgan fingerprint density at radius 3 is 2.46 bits per heavy atom. The van der Waals surface area contributed by atoms with Gasteiger partial charge in [-0.3, -0.25) is 19.4 Å². The van der Waals surface area contributed by atoms with Gasteiger partial charge >= 0.3 is 6.09 Å². The lowest BCUT2D eigenvalue weighted by molar-refractivity contribution is -0.173. The fraction of sp³-hybridized carbons (Fsp3) is 0.640. The predicted molar refractivity (Wildman–Crippen MR) is 130 cm³/mol. The van der Waals surface area contributed by atoms with Crippen molar-refractivity contribution in [3.8, 4) is 0 Å². The molecule has 0 N–H and O–H groups in total. The van der Waals surface area contributed by atoms with Crippen LogP contribution in [0.2, 0.25) is 5.02 Å². The van der Waals surface area contributed by atoms with Gasteiger partial charge in [0.2, 0.25) is 0 Å². The lowest BCUT2D eigenvalue weighted by Crippen LogP contribution is -2.50. The van der Waals surface area contributed by atoms with Crippen LogP contribution in [0.3, 0.4) is 0 Å². The molecule has 0 saturated carbocycles. The molecule has 0 spiro atoms. The number of fused-ring (bicyclic) bond motifs is 2. The molecule has 10 heteroatoms. The third-order valence-electron chi connectivity index (χ3n) is 8.36. The van der Waals surface area contributed by atoms with Gasteiger partial charge in [-0.2, -0.15) is 0 Å². The van der Waals surface area contributed by atoms with E-state index >= 15 is 0 Å². The molecular formula is C25H32ClN5O4. The minimum absolute atomic E-state index is 0.106. The van der Waals surface area contributed by atoms with E-state index in [9.17, 15) is 14.4 Å². The summed E-state index contributed by atoms with van der Waals surface area (Å²) in [6.07, 6.45) is 2.19. The van der Waals surface area contributed by atoms with Crippen LogP contribution in [-0.4, -0.2) is 96.1 Å². The second-order valence-electron chi connectivity index (χ2n) is 10.6. The number of nitrogens with zero attached hydrogens (tertiary/aromatic N) is 5. The van der Waals surface area contributed by atoms with Crippen molar-refractivity contribution in [1.82, 2.24) is 19.8 Å². The maximum atomic E-state index is 12.5. The molecule has 1 aromatic rings. The van der Waals surface area contributed by atoms with E-state index in [1.165, 1.54) is 30.6 Å². The van der Waals surface area contributed by atoms with Crippen LogP contribution in [0.25, 0.3) is 0 Å². The maximum absolute atomic E-state index is 12.5. The lowest BCUT2D eigenvalue weighted by atomic mass is 10.0. The van der Waals surface area contributed by atoms with Crippen LogP contribution in [0, 0.1) is 11.8 Å². The highest BCUT2D eigenvalue weighted by molar-refractivity contribution is 6.30. The van der Waals surface area contributed by atoms with Gasteiger partial charge < -0.3 is 14.6 Å². The SMILES string of the molecule is O=C(ON1C(=O)CCC1=O)N1CC2CN(Cc3ccc(Cl)cc3N3CCN4CCC[C@@H]4C3)CC2C1. The van der Waals surface area contributed by atoms with E-state index in [4.69, 9.17) is 16.4 Å². The number of hydrogen-bond acceptors (Lipinski definition) is 7. The number of carbonyl (C=O) groups is 3. The molecule has 0 radical (unpaired) electrons. The Kier molecular flexibility index (Phi) is 6.10. The molecule has 0 bridgehead atoms. The summed E-state index contributed by atoms with van der Waals surface area (Å²) in [6, 6.07) is 6.93. The van der Waals surface area contributed by atoms with Crippen molar-refractivity contribution in [3.05, 3.63) is 28.8 Å². The molecule has 5 saturated heterocycles. The van der Waals surface area contributed by atoms with Gasteiger partial charge in [-0.15, -0.1) is 5.06 Å². The van der Waals surface area contributed by atoms with Gasteiger partial charge in [-0.05, 0) is 48.9 Å². The fourth-order valence-electron chi connectivity index (χ4n) is 6.58. The number of anilines is 1. The van der Waals surface area contributed by atoms with Crippen LogP contribution in [0.4, 0.5) is 10.5 Å². The summed E-state index contributed by atoms with van der Waals surface area (Å²) in [4.78, 5) is 50.4. The van der Waals surface area contributed by atoms with Crippen molar-refractivity contribution in [3.63, 3.8) is 0 Å². The van der Waals surface area contributed by atoms with Gasteiger partial charge in [0.05, 0.1) is 0 Å². The van der Waals surface area contributed by atoms with Crippen LogP contribution in [0.1, 0.15) is 31.2 Å². The number of hydroxylamine groups is 2. The van der Waals surface area contributed by atoms with Crippen molar-refractivity contribution in [2.75, 3.05) is 57.3 Å². The van der Waals surface area contributed by atoms with E-state index in [-0.39, 0.29) is 12.8 Å². The minimum Gasteiger partial charge on any atom is -0.368 e. The van der Waals surface area contributed by atoms with Crippen LogP contribution in [0.5, 0.6) is 0 Å². The van der Waals surface area contributed by atoms with Crippen LogP contribution in [-0.2, 0) is 21.0 Å². The molecule has 3 atom stereocenters. The number of amides is 3. The van der Waals surface area contributed by atoms with E-state index in [1.807, 2.05) is 6.07 Å². The normalized spacial score (nSPS) is 29.3. The number of piperazine rings is 1. The quantitative estimate of drug-likeness (QED) is 0.585. The number of hydrogen-bond donors (Lipinski definition) is 0. The van der Waals surface area contributed by atoms with Gasteiger partial charge in [0.1, 0.15) is 0 Å². The molecule has 35 heavy (non-hydrogen) atoms. The van der Waals surface area contributed by atoms with Gasteiger partial charge in [0.15, 0.2) is 0 Å². The third kappa shape index (κ3) is 4.49. The number of halogens is 1. The second-order valence-corrected chi connectivity index (χ2v) is 11.0. The molecule has 188 valence electrons. The molecule has 2 unspecified atom stereocenters. The molecule has 5 aliphatic rings. The van der Waals surface area contributed by atoms with Gasteiger partial charge in [0.25, 0.3) is 11.8 Å². The Labute approximate surface area is 210 Å². The smallest absolute Gasteiger partial charge is 0.368 e. The summed E-state index contributed by atoms with van der Waals surface area (Å²) < 4.78 is 0. The molecule has 5 fully saturated rings. The monoisotopic (exact) mass is 501 g/mol. The Hall–Kier alpha value is -2.36. The number of benzene rings is 1. The molecular weight excluding hydrogens is 470 g/mol. The standard InChI is InChI=1S/C25H32ClN5O4/c26-20-4-3-17(22(10-20)29-9-8-28-7-1-2-21(28)16-29)11-27-12-18-14-30(15-19(18)13-27)25(34)35-31-23(32)5-6-24(31)33/h3-4,10,18-19,21H,1-2,5-9,11-16H2/t18?,19?,21-/m1/s1. The number of likely N-dealkylation sites (tertiary alicyclic amines) is 2. The first-order valence-electron chi connectivity index (χ1n) is 12.8. The molecule has 6 rings (SSSR count). The van der Waals surface area contributed by atoms with Crippen LogP contribution >= 0.6 is 11.6 Å². The Bertz CT molecular complexity index is 1010. The molecule has 0 aliphatic carbocycles. The highest BCUT2D eigenvalue weighted by atomic mass is 35.5. The molecule has 0 aromatic heterocycles. The summed E-state index contributed by atoms with van der Waals surface area (Å²) in [7, 11) is 0. The van der Waals surface area contributed by atoms with E-state index < -0.39 is 17.9 Å². The first-order valence-corrected chi connectivity index (χ1v) is 13.1. The average molecular weight is 502 g/mol. The molecule has 5 aliphatic heterocycles. The first-order chi connectivity index (χ1) is 16.9. The van der Waals surface area contributed by atoms with E-state index in [0.717, 1.165) is 44.3 Å². The van der Waals surface area contributed by atoms with Crippen molar-refractivity contribution in [1.29, 1.82) is 0 Å². The predicted octanol–water partition coefficient (Wildman–Crippen LogP) is 2.19. The van der Waals surface area contributed by atoms with Crippen molar-refractivity contribution in [2.45, 2.75) is 38.3 Å². The third-order valence-corrected chi connectivity index (χ3v) is 8.60. The van der Waals surface area contributed by atoms with Gasteiger partial charge in [-0.1, -0.05) is 17.7 Å². The Morgan fingerprint density at radius 1 is 0.971 bits per heavy atom. The molecule has 9 nitrogen and oxygen atoms in total. The number of carbonyl (C=O) groups excluding carboxylic acids is 3. The van der Waals surface area contributed by atoms with Crippen molar-refractivity contribution in [2.24, 2.45) is 11.8 Å². The maximum Gasteiger partial charge on any atom is 0.434 e. The van der Waals surface area contributed by atoms with E-state index in [1.54, 1.807) is 4.90 Å². The van der Waals surface area contributed by atoms with Crippen LogP contribution in [0.15, 0.2) is 18.2 Å². The molecule has 5 heterocycles. The largest absolute Gasteiger partial charge is 0.434 e. The summed E-state index contributed by atoms with van der Waals surface area (Å²) >= 11 is 6.42. The van der Waals surface area contributed by atoms with E-state index in [0.29, 0.717) is 36.0 Å². The summed E-state index contributed by atoms with van der Waals surface area (Å²) in [5.41, 5.74) is 2.56. The van der Waals surface area contributed by atoms with Crippen molar-refractivity contribution >= 4 is 35.2 Å². The summed E-state index contributed by atoms with van der Waals surface area (Å²) in [5, 5.41) is 1.41. The van der Waals surface area contributed by atoms with E-state index in [2.05, 4.69) is 26.8 Å². The lowest BCUT2D eigenvalue weighted by Gasteiger charge is -2.40. The van der Waals surface area contributed by atoms with Crippen LogP contribution < -0.4 is 4.90 Å². The molecule has 1 aromatic carbocycles. The zero-order chi connectivity index (χ0) is 24.1. The summed E-state index contributed by atoms with van der Waals surface area (Å²) in [5.74, 6) is -0.153. The number of rotatable bonds is 4. The highest BCUT2D eigenvalue weighted by Crippen LogP contribution is 2.35. The fourth-order valence-corrected chi connectivity index (χ4v) is 6.74. The molecule has 3 amide bonds. The number of imide groups is 1. The Morgan fingerprint density at radius 2 is 1.71 bits per heavy atom.